The van der Waals surface area contributed by atoms with Crippen LogP contribution in [0.4, 0.5) is 5.69 Å². The number of hydrogen-bond acceptors (Lipinski definition) is 5. The highest BCUT2D eigenvalue weighted by atomic mass is 79.9. The minimum absolute atomic E-state index is 0.0234. The predicted molar refractivity (Wildman–Crippen MR) is 116 cm³/mol. The Morgan fingerprint density at radius 1 is 1.13 bits per heavy atom. The lowest BCUT2D eigenvalue weighted by atomic mass is 10.2. The summed E-state index contributed by atoms with van der Waals surface area (Å²) in [7, 11) is -3.67. The molecule has 0 atom stereocenters. The van der Waals surface area contributed by atoms with Crippen LogP contribution >= 0.6 is 15.9 Å². The van der Waals surface area contributed by atoms with Gasteiger partial charge in [0.25, 0.3) is 11.8 Å². The summed E-state index contributed by atoms with van der Waals surface area (Å²) in [5, 5.41) is 5.36. The van der Waals surface area contributed by atoms with Gasteiger partial charge in [0, 0.05) is 22.7 Å². The van der Waals surface area contributed by atoms with Crippen molar-refractivity contribution in [2.75, 3.05) is 18.5 Å². The van der Waals surface area contributed by atoms with Gasteiger partial charge in [-0.1, -0.05) is 0 Å². The van der Waals surface area contributed by atoms with Crippen LogP contribution in [0, 0.1) is 0 Å². The molecular formula is C20H22BrN3O5S. The fourth-order valence-corrected chi connectivity index (χ4v) is 4.32. The van der Waals surface area contributed by atoms with E-state index in [1.54, 1.807) is 24.3 Å². The van der Waals surface area contributed by atoms with Crippen LogP contribution in [-0.4, -0.2) is 39.4 Å². The number of carbonyl (C=O) groups is 2. The quantitative estimate of drug-likeness (QED) is 0.494. The average molecular weight is 496 g/mol. The molecule has 3 rings (SSSR count). The normalized spacial score (nSPS) is 13.5. The molecule has 0 unspecified atom stereocenters. The minimum Gasteiger partial charge on any atom is -0.484 e. The van der Waals surface area contributed by atoms with E-state index in [0.717, 1.165) is 12.8 Å². The van der Waals surface area contributed by atoms with E-state index in [2.05, 4.69) is 31.3 Å². The molecule has 0 heterocycles. The SMILES string of the molecule is CCNC(=O)COc1ccc(NC(=O)c2cc(S(=O)(=O)NC3CC3)ccc2Br)cc1. The molecule has 1 fully saturated rings. The van der Waals surface area contributed by atoms with Gasteiger partial charge in [-0.2, -0.15) is 0 Å². The molecule has 2 amide bonds. The maximum atomic E-state index is 12.7. The zero-order chi connectivity index (χ0) is 21.7. The van der Waals surface area contributed by atoms with Crippen molar-refractivity contribution in [2.45, 2.75) is 30.7 Å². The molecule has 8 nitrogen and oxygen atoms in total. The zero-order valence-corrected chi connectivity index (χ0v) is 18.7. The van der Waals surface area contributed by atoms with E-state index in [0.29, 0.717) is 22.5 Å². The number of ether oxygens (including phenoxy) is 1. The first-order chi connectivity index (χ1) is 14.3. The standard InChI is InChI=1S/C20H22BrN3O5S/c1-2-22-19(25)12-29-15-7-5-13(6-8-15)23-20(26)17-11-16(9-10-18(17)21)30(27,28)24-14-3-4-14/h5-11,14,24H,2-4,12H2,1H3,(H,22,25)(H,23,26). The van der Waals surface area contributed by atoms with Gasteiger partial charge in [0.15, 0.2) is 6.61 Å². The van der Waals surface area contributed by atoms with Crippen molar-refractivity contribution in [2.24, 2.45) is 0 Å². The van der Waals surface area contributed by atoms with Crippen molar-refractivity contribution in [1.29, 1.82) is 0 Å². The minimum atomic E-state index is -3.67. The van der Waals surface area contributed by atoms with Crippen molar-refractivity contribution in [3.05, 3.63) is 52.5 Å². The first-order valence-corrected chi connectivity index (χ1v) is 11.7. The van der Waals surface area contributed by atoms with Gasteiger partial charge < -0.3 is 15.4 Å². The van der Waals surface area contributed by atoms with Crippen molar-refractivity contribution in [3.8, 4) is 5.75 Å². The molecule has 1 aliphatic rings. The molecule has 10 heteroatoms. The second kappa shape index (κ2) is 9.59. The number of rotatable bonds is 9. The Morgan fingerprint density at radius 3 is 2.47 bits per heavy atom. The average Bonchev–Trinajstić information content (AvgIpc) is 3.51. The summed E-state index contributed by atoms with van der Waals surface area (Å²) in [5.41, 5.74) is 0.701. The number of hydrogen-bond donors (Lipinski definition) is 3. The van der Waals surface area contributed by atoms with E-state index in [4.69, 9.17) is 4.74 Å². The van der Waals surface area contributed by atoms with E-state index in [1.165, 1.54) is 18.2 Å². The fourth-order valence-electron chi connectivity index (χ4n) is 2.56. The molecular weight excluding hydrogens is 474 g/mol. The van der Waals surface area contributed by atoms with Gasteiger partial charge in [-0.3, -0.25) is 9.59 Å². The summed E-state index contributed by atoms with van der Waals surface area (Å²) < 4.78 is 33.3. The molecule has 1 saturated carbocycles. The van der Waals surface area contributed by atoms with Gasteiger partial charge in [-0.25, -0.2) is 13.1 Å². The third kappa shape index (κ3) is 6.04. The molecule has 0 spiro atoms. The Morgan fingerprint density at radius 2 is 1.83 bits per heavy atom. The molecule has 0 radical (unpaired) electrons. The smallest absolute Gasteiger partial charge is 0.257 e. The van der Waals surface area contributed by atoms with Crippen molar-refractivity contribution >= 4 is 43.5 Å². The Labute approximate surface area is 183 Å². The summed E-state index contributed by atoms with van der Waals surface area (Å²) in [5.74, 6) is -0.188. The number of likely N-dealkylation sites (N-methyl/N-ethyl adjacent to an activating group) is 1. The topological polar surface area (TPSA) is 114 Å². The van der Waals surface area contributed by atoms with E-state index in [1.807, 2.05) is 6.92 Å². The van der Waals surface area contributed by atoms with Crippen LogP contribution in [0.15, 0.2) is 51.8 Å². The maximum absolute atomic E-state index is 12.7. The molecule has 0 bridgehead atoms. The molecule has 2 aromatic rings. The van der Waals surface area contributed by atoms with E-state index in [9.17, 15) is 18.0 Å². The molecule has 2 aromatic carbocycles. The van der Waals surface area contributed by atoms with Crippen molar-refractivity contribution in [1.82, 2.24) is 10.0 Å². The van der Waals surface area contributed by atoms with Gasteiger partial charge in [-0.15, -0.1) is 0 Å². The van der Waals surface area contributed by atoms with Crippen molar-refractivity contribution < 1.29 is 22.7 Å². The van der Waals surface area contributed by atoms with Crippen LogP contribution in [0.25, 0.3) is 0 Å². The Kier molecular flexibility index (Phi) is 7.11. The largest absolute Gasteiger partial charge is 0.484 e. The van der Waals surface area contributed by atoms with E-state index >= 15 is 0 Å². The van der Waals surface area contributed by atoms with Crippen LogP contribution < -0.4 is 20.1 Å². The molecule has 30 heavy (non-hydrogen) atoms. The number of nitrogens with one attached hydrogen (secondary N) is 3. The highest BCUT2D eigenvalue weighted by Gasteiger charge is 2.28. The van der Waals surface area contributed by atoms with E-state index in [-0.39, 0.29) is 29.0 Å². The van der Waals surface area contributed by atoms with Gasteiger partial charge in [0.1, 0.15) is 5.75 Å². The molecule has 160 valence electrons. The van der Waals surface area contributed by atoms with Crippen LogP contribution in [0.2, 0.25) is 0 Å². The number of sulfonamides is 1. The molecule has 0 aromatic heterocycles. The molecule has 0 aliphatic heterocycles. The van der Waals surface area contributed by atoms with Gasteiger partial charge in [0.2, 0.25) is 10.0 Å². The summed E-state index contributed by atoms with van der Waals surface area (Å²) in [6, 6.07) is 10.8. The highest BCUT2D eigenvalue weighted by molar-refractivity contribution is 9.10. The lowest BCUT2D eigenvalue weighted by Crippen LogP contribution is -2.28. The molecule has 0 saturated heterocycles. The Balaban J connectivity index is 1.66. The number of halogens is 1. The van der Waals surface area contributed by atoms with Crippen LogP contribution in [-0.2, 0) is 14.8 Å². The third-order valence-corrected chi connectivity index (χ3v) is 6.46. The predicted octanol–water partition coefficient (Wildman–Crippen LogP) is 2.66. The second-order valence-corrected chi connectivity index (χ2v) is 9.33. The monoisotopic (exact) mass is 495 g/mol. The summed E-state index contributed by atoms with van der Waals surface area (Å²) >= 11 is 3.30. The molecule has 1 aliphatic carbocycles. The van der Waals surface area contributed by atoms with Crippen LogP contribution in [0.3, 0.4) is 0 Å². The lowest BCUT2D eigenvalue weighted by Gasteiger charge is -2.11. The highest BCUT2D eigenvalue weighted by Crippen LogP contribution is 2.26. The van der Waals surface area contributed by atoms with E-state index < -0.39 is 15.9 Å². The first-order valence-electron chi connectivity index (χ1n) is 9.41. The Bertz CT molecular complexity index is 1040. The number of amides is 2. The van der Waals surface area contributed by atoms with Crippen LogP contribution in [0.1, 0.15) is 30.1 Å². The third-order valence-electron chi connectivity index (χ3n) is 4.25. The lowest BCUT2D eigenvalue weighted by molar-refractivity contribution is -0.122. The fraction of sp³-hybridized carbons (Fsp3) is 0.300. The number of carbonyl (C=O) groups excluding carboxylic acids is 2. The first kappa shape index (κ1) is 22.3. The molecule has 3 N–H and O–H groups in total. The van der Waals surface area contributed by atoms with Gasteiger partial charge in [0.05, 0.1) is 10.5 Å². The van der Waals surface area contributed by atoms with Gasteiger partial charge >= 0.3 is 0 Å². The van der Waals surface area contributed by atoms with Crippen LogP contribution in [0.5, 0.6) is 5.75 Å². The second-order valence-electron chi connectivity index (χ2n) is 6.76. The Hall–Kier alpha value is -2.43. The number of benzene rings is 2. The zero-order valence-electron chi connectivity index (χ0n) is 16.3. The van der Waals surface area contributed by atoms with Gasteiger partial charge in [-0.05, 0) is 78.2 Å². The van der Waals surface area contributed by atoms with Crippen molar-refractivity contribution in [3.63, 3.8) is 0 Å². The maximum Gasteiger partial charge on any atom is 0.257 e. The summed E-state index contributed by atoms with van der Waals surface area (Å²) in [4.78, 5) is 24.2. The number of anilines is 1. The summed E-state index contributed by atoms with van der Waals surface area (Å²) in [6.07, 6.45) is 1.65. The summed E-state index contributed by atoms with van der Waals surface area (Å²) in [6.45, 7) is 2.26.